The van der Waals surface area contributed by atoms with Crippen molar-refractivity contribution in [3.8, 4) is 11.3 Å². The first-order chi connectivity index (χ1) is 13.2. The molecule has 27 heavy (non-hydrogen) atoms. The number of unbranched alkanes of at least 4 members (excludes halogenated alkanes) is 2. The predicted octanol–water partition coefficient (Wildman–Crippen LogP) is 4.49. The van der Waals surface area contributed by atoms with E-state index in [4.69, 9.17) is 0 Å². The summed E-state index contributed by atoms with van der Waals surface area (Å²) in [6, 6.07) is 8.21. The molecular weight excluding hydrogens is 343 g/mol. The molecule has 0 spiro atoms. The van der Waals surface area contributed by atoms with Gasteiger partial charge in [0.15, 0.2) is 0 Å². The summed E-state index contributed by atoms with van der Waals surface area (Å²) in [6.07, 6.45) is 9.59. The van der Waals surface area contributed by atoms with Gasteiger partial charge in [0.2, 0.25) is 0 Å². The molecule has 1 saturated heterocycles. The van der Waals surface area contributed by atoms with Gasteiger partial charge in [-0.3, -0.25) is 5.10 Å². The minimum absolute atomic E-state index is 0.247. The highest BCUT2D eigenvalue weighted by Gasteiger charge is 2.07. The summed E-state index contributed by atoms with van der Waals surface area (Å²) in [5.74, 6) is 0.493. The highest BCUT2D eigenvalue weighted by atomic mass is 19.1. The van der Waals surface area contributed by atoms with Crippen molar-refractivity contribution < 1.29 is 9.18 Å². The Kier molecular flexibility index (Phi) is 9.55. The number of aldehydes is 1. The quantitative estimate of drug-likeness (QED) is 0.554. The molecule has 1 fully saturated rings. The average molecular weight is 375 g/mol. The number of anilines is 1. The molecule has 0 saturated carbocycles. The number of nitrogens with zero attached hydrogens (tertiary/aromatic N) is 2. The van der Waals surface area contributed by atoms with Crippen LogP contribution in [0.15, 0.2) is 30.3 Å². The van der Waals surface area contributed by atoms with E-state index in [-0.39, 0.29) is 5.82 Å². The van der Waals surface area contributed by atoms with E-state index in [1.54, 1.807) is 13.1 Å². The molecule has 0 bridgehead atoms. The number of carbonyl (C=O) groups excluding carboxylic acids is 1. The van der Waals surface area contributed by atoms with Crippen LogP contribution in [0, 0.1) is 5.82 Å². The summed E-state index contributed by atoms with van der Waals surface area (Å²) in [5.41, 5.74) is 1.59. The van der Waals surface area contributed by atoms with E-state index < -0.39 is 0 Å². The van der Waals surface area contributed by atoms with Crippen molar-refractivity contribution in [1.29, 1.82) is 0 Å². The van der Waals surface area contributed by atoms with E-state index in [0.717, 1.165) is 36.2 Å². The summed E-state index contributed by atoms with van der Waals surface area (Å²) in [6.45, 7) is 3.76. The van der Waals surface area contributed by atoms with E-state index in [1.165, 1.54) is 63.9 Å². The molecule has 2 N–H and O–H groups in total. The number of rotatable bonds is 7. The first-order valence-corrected chi connectivity index (χ1v) is 9.88. The zero-order chi connectivity index (χ0) is 19.3. The number of H-pyrrole nitrogens is 1. The molecule has 0 atom stereocenters. The van der Waals surface area contributed by atoms with Crippen molar-refractivity contribution >= 4 is 12.1 Å². The molecule has 1 aromatic heterocycles. The van der Waals surface area contributed by atoms with Crippen molar-refractivity contribution in [3.05, 3.63) is 36.1 Å². The number of carbonyl (C=O) groups is 1. The third-order valence-electron chi connectivity index (χ3n) is 4.71. The SMILES string of the molecule is CNc1cc(-c2cccc(F)c2)[nH]n1.O=CCCCCN1CCCCCC1. The van der Waals surface area contributed by atoms with Gasteiger partial charge < -0.3 is 15.0 Å². The van der Waals surface area contributed by atoms with Crippen LogP contribution in [-0.2, 0) is 4.79 Å². The fourth-order valence-corrected chi connectivity index (χ4v) is 3.18. The number of halogens is 1. The van der Waals surface area contributed by atoms with Crippen LogP contribution in [0.4, 0.5) is 10.2 Å². The van der Waals surface area contributed by atoms with Crippen LogP contribution < -0.4 is 5.32 Å². The molecule has 2 aromatic rings. The third kappa shape index (κ3) is 7.91. The summed E-state index contributed by atoms with van der Waals surface area (Å²) in [5, 5.41) is 9.70. The number of aromatic nitrogens is 2. The molecule has 6 heteroatoms. The van der Waals surface area contributed by atoms with E-state index in [9.17, 15) is 9.18 Å². The monoisotopic (exact) mass is 374 g/mol. The Morgan fingerprint density at radius 1 is 1.19 bits per heavy atom. The van der Waals surface area contributed by atoms with Crippen molar-refractivity contribution in [3.63, 3.8) is 0 Å². The zero-order valence-corrected chi connectivity index (χ0v) is 16.2. The van der Waals surface area contributed by atoms with Crippen LogP contribution in [0.5, 0.6) is 0 Å². The van der Waals surface area contributed by atoms with Gasteiger partial charge in [-0.05, 0) is 57.5 Å². The summed E-state index contributed by atoms with van der Waals surface area (Å²) in [7, 11) is 1.78. The number of hydrogen-bond donors (Lipinski definition) is 2. The second kappa shape index (κ2) is 12.2. The third-order valence-corrected chi connectivity index (χ3v) is 4.71. The fourth-order valence-electron chi connectivity index (χ4n) is 3.18. The Balaban J connectivity index is 0.000000194. The molecule has 0 unspecified atom stereocenters. The predicted molar refractivity (Wildman–Crippen MR) is 108 cm³/mol. The molecule has 2 heterocycles. The summed E-state index contributed by atoms with van der Waals surface area (Å²) >= 11 is 0. The highest BCUT2D eigenvalue weighted by molar-refractivity contribution is 5.62. The Hall–Kier alpha value is -2.21. The molecule has 5 nitrogen and oxygen atoms in total. The van der Waals surface area contributed by atoms with Gasteiger partial charge in [0.05, 0.1) is 5.69 Å². The number of hydrogen-bond acceptors (Lipinski definition) is 4. The number of benzene rings is 1. The number of likely N-dealkylation sites (tertiary alicyclic amines) is 1. The number of nitrogens with one attached hydrogen (secondary N) is 2. The van der Waals surface area contributed by atoms with Crippen LogP contribution in [0.2, 0.25) is 0 Å². The van der Waals surface area contributed by atoms with Gasteiger partial charge in [0, 0.05) is 25.1 Å². The largest absolute Gasteiger partial charge is 0.372 e. The van der Waals surface area contributed by atoms with Gasteiger partial charge in [-0.1, -0.05) is 25.0 Å². The van der Waals surface area contributed by atoms with Gasteiger partial charge in [-0.15, -0.1) is 0 Å². The molecule has 3 rings (SSSR count). The van der Waals surface area contributed by atoms with Crippen molar-refractivity contribution in [2.45, 2.75) is 44.9 Å². The fraction of sp³-hybridized carbons (Fsp3) is 0.524. The molecule has 1 aliphatic rings. The molecule has 0 amide bonds. The van der Waals surface area contributed by atoms with Crippen molar-refractivity contribution in [2.75, 3.05) is 32.0 Å². The smallest absolute Gasteiger partial charge is 0.148 e. The van der Waals surface area contributed by atoms with E-state index in [0.29, 0.717) is 0 Å². The lowest BCUT2D eigenvalue weighted by molar-refractivity contribution is -0.107. The van der Waals surface area contributed by atoms with Crippen molar-refractivity contribution in [2.24, 2.45) is 0 Å². The van der Waals surface area contributed by atoms with E-state index >= 15 is 0 Å². The standard InChI is InChI=1S/C11H21NO.C10H10FN3/c13-11-7-3-6-10-12-8-4-1-2-5-9-12;1-12-10-6-9(13-14-10)7-3-2-4-8(11)5-7/h11H,1-10H2;2-6H,1H3,(H2,12,13,14). The summed E-state index contributed by atoms with van der Waals surface area (Å²) in [4.78, 5) is 12.7. The second-order valence-corrected chi connectivity index (χ2v) is 6.85. The van der Waals surface area contributed by atoms with Crippen molar-refractivity contribution in [1.82, 2.24) is 15.1 Å². The Morgan fingerprint density at radius 2 is 1.96 bits per heavy atom. The van der Waals surface area contributed by atoms with E-state index in [1.807, 2.05) is 12.1 Å². The lowest BCUT2D eigenvalue weighted by Crippen LogP contribution is -2.25. The van der Waals surface area contributed by atoms with Crippen LogP contribution in [0.3, 0.4) is 0 Å². The minimum Gasteiger partial charge on any atom is -0.372 e. The number of aromatic amines is 1. The average Bonchev–Trinajstić information content (AvgIpc) is 3.02. The lowest BCUT2D eigenvalue weighted by atomic mass is 10.1. The van der Waals surface area contributed by atoms with Crippen LogP contribution in [0.1, 0.15) is 44.9 Å². The first-order valence-electron chi connectivity index (χ1n) is 9.88. The maximum Gasteiger partial charge on any atom is 0.148 e. The van der Waals surface area contributed by atoms with Gasteiger partial charge >= 0.3 is 0 Å². The van der Waals surface area contributed by atoms with Crippen LogP contribution in [0.25, 0.3) is 11.3 Å². The van der Waals surface area contributed by atoms with Crippen LogP contribution >= 0.6 is 0 Å². The van der Waals surface area contributed by atoms with Crippen LogP contribution in [-0.4, -0.2) is 48.1 Å². The topological polar surface area (TPSA) is 61.0 Å². The Labute approximate surface area is 161 Å². The van der Waals surface area contributed by atoms with Gasteiger partial charge in [-0.2, -0.15) is 5.10 Å². The lowest BCUT2D eigenvalue weighted by Gasteiger charge is -2.18. The van der Waals surface area contributed by atoms with E-state index in [2.05, 4.69) is 20.4 Å². The maximum atomic E-state index is 12.9. The first kappa shape index (κ1) is 21.1. The molecular formula is C21H31FN4O. The van der Waals surface area contributed by atoms with Gasteiger partial charge in [0.1, 0.15) is 17.9 Å². The molecule has 1 aliphatic heterocycles. The molecule has 0 radical (unpaired) electrons. The molecule has 0 aliphatic carbocycles. The second-order valence-electron chi connectivity index (χ2n) is 6.85. The Morgan fingerprint density at radius 3 is 2.59 bits per heavy atom. The molecule has 1 aromatic carbocycles. The minimum atomic E-state index is -0.247. The zero-order valence-electron chi connectivity index (χ0n) is 16.2. The normalized spacial score (nSPS) is 14.7. The summed E-state index contributed by atoms with van der Waals surface area (Å²) < 4.78 is 12.9. The van der Waals surface area contributed by atoms with Gasteiger partial charge in [0.25, 0.3) is 0 Å². The Bertz CT molecular complexity index is 666. The van der Waals surface area contributed by atoms with Gasteiger partial charge in [-0.25, -0.2) is 4.39 Å². The highest BCUT2D eigenvalue weighted by Crippen LogP contribution is 2.19. The maximum absolute atomic E-state index is 12.9. The molecule has 148 valence electrons.